The number of allylic oxidation sites excluding steroid dienone is 4. The van der Waals surface area contributed by atoms with Gasteiger partial charge in [-0.1, -0.05) is 44.9 Å². The maximum Gasteiger partial charge on any atom is 0.113 e. The molecule has 0 aromatic carbocycles. The molecule has 200 valence electrons. The van der Waals surface area contributed by atoms with Crippen LogP contribution in [0.2, 0.25) is 0 Å². The van der Waals surface area contributed by atoms with Crippen molar-refractivity contribution in [1.82, 2.24) is 0 Å². The van der Waals surface area contributed by atoms with Crippen molar-refractivity contribution in [2.24, 2.45) is 23.2 Å². The Kier molecular flexibility index (Phi) is 9.84. The first-order chi connectivity index (χ1) is 16.5. The van der Waals surface area contributed by atoms with Crippen LogP contribution in [0.4, 0.5) is 0 Å². The molecule has 0 heterocycles. The smallest absolute Gasteiger partial charge is 0.113 e. The Balaban J connectivity index is 1.66. The van der Waals surface area contributed by atoms with Gasteiger partial charge >= 0.3 is 0 Å². The van der Waals surface area contributed by atoms with Crippen LogP contribution < -0.4 is 0 Å². The molecule has 0 aromatic rings. The van der Waals surface area contributed by atoms with Gasteiger partial charge < -0.3 is 25.2 Å². The predicted molar refractivity (Wildman–Crippen MR) is 141 cm³/mol. The highest BCUT2D eigenvalue weighted by atomic mass is 16.5. The first-order valence-corrected chi connectivity index (χ1v) is 13.9. The molecule has 1 saturated carbocycles. The second-order valence-corrected chi connectivity index (χ2v) is 12.3. The zero-order chi connectivity index (χ0) is 25.8. The summed E-state index contributed by atoms with van der Waals surface area (Å²) in [6.07, 6.45) is 13.4. The zero-order valence-electron chi connectivity index (χ0n) is 22.7. The topological polar surface area (TPSA) is 90.2 Å². The van der Waals surface area contributed by atoms with E-state index in [1.165, 1.54) is 31.3 Å². The van der Waals surface area contributed by atoms with E-state index in [0.717, 1.165) is 30.4 Å². The van der Waals surface area contributed by atoms with Gasteiger partial charge in [-0.25, -0.2) is 0 Å². The Hall–Kier alpha value is -0.980. The number of hydrogen-bond acceptors (Lipinski definition) is 5. The molecule has 0 bridgehead atoms. The van der Waals surface area contributed by atoms with Gasteiger partial charge in [-0.15, -0.1) is 0 Å². The highest BCUT2D eigenvalue weighted by Gasteiger charge is 2.49. The van der Waals surface area contributed by atoms with Gasteiger partial charge in [0.1, 0.15) is 12.2 Å². The first-order valence-electron chi connectivity index (χ1n) is 13.9. The van der Waals surface area contributed by atoms with Crippen molar-refractivity contribution in [1.29, 1.82) is 0 Å². The maximum atomic E-state index is 10.8. The van der Waals surface area contributed by atoms with Crippen molar-refractivity contribution in [3.05, 3.63) is 34.9 Å². The molecule has 5 nitrogen and oxygen atoms in total. The minimum Gasteiger partial charge on any atom is -0.396 e. The largest absolute Gasteiger partial charge is 0.396 e. The molecule has 0 spiro atoms. The van der Waals surface area contributed by atoms with Crippen molar-refractivity contribution in [3.8, 4) is 0 Å². The summed E-state index contributed by atoms with van der Waals surface area (Å²) in [7, 11) is 0. The standard InChI is InChI=1S/C30H50O5/c1-20(9-6-15-29(3,4)34)24-13-14-25-22(10-7-16-30(24,25)5)11-12-23-19-26(32)28(27(33)21(23)2)35-18-8-17-31/h10-12,20,24-28,31-34H,6-9,13-19H2,1-5H3/b12-11+/t20-,24-,25+,26-,27-,28-,30-/m1/s1. The molecule has 0 aromatic heterocycles. The van der Waals surface area contributed by atoms with Gasteiger partial charge in [-0.05, 0) is 99.2 Å². The van der Waals surface area contributed by atoms with Crippen LogP contribution in [0.3, 0.4) is 0 Å². The lowest BCUT2D eigenvalue weighted by Gasteiger charge is -2.43. The summed E-state index contributed by atoms with van der Waals surface area (Å²) < 4.78 is 5.67. The molecule has 0 radical (unpaired) electrons. The lowest BCUT2D eigenvalue weighted by Crippen LogP contribution is -2.44. The molecule has 35 heavy (non-hydrogen) atoms. The van der Waals surface area contributed by atoms with Gasteiger partial charge in [0.05, 0.1) is 11.7 Å². The van der Waals surface area contributed by atoms with Crippen LogP contribution in [-0.2, 0) is 4.74 Å². The molecule has 0 aliphatic heterocycles. The lowest BCUT2D eigenvalue weighted by atomic mass is 9.62. The van der Waals surface area contributed by atoms with Gasteiger partial charge in [-0.2, -0.15) is 0 Å². The molecule has 7 atom stereocenters. The third-order valence-corrected chi connectivity index (χ3v) is 9.17. The second-order valence-electron chi connectivity index (χ2n) is 12.3. The SMILES string of the molecule is CC1=C(/C=C/C2=CCC[C@]3(C)[C@@H]([C@H](C)CCCC(C)(C)O)CC[C@@H]23)C[C@@H](O)[C@@H](OCCCO)[C@@H]1O. The van der Waals surface area contributed by atoms with Crippen LogP contribution in [-0.4, -0.2) is 57.6 Å². The number of hydrogen-bond donors (Lipinski definition) is 4. The number of ether oxygens (including phenoxy) is 1. The molecule has 3 aliphatic carbocycles. The summed E-state index contributed by atoms with van der Waals surface area (Å²) >= 11 is 0. The van der Waals surface area contributed by atoms with E-state index < -0.39 is 23.9 Å². The molecule has 0 amide bonds. The van der Waals surface area contributed by atoms with E-state index in [2.05, 4.69) is 32.1 Å². The van der Waals surface area contributed by atoms with Gasteiger partial charge in [0, 0.05) is 19.6 Å². The van der Waals surface area contributed by atoms with Crippen LogP contribution >= 0.6 is 0 Å². The van der Waals surface area contributed by atoms with Crippen molar-refractivity contribution >= 4 is 0 Å². The van der Waals surface area contributed by atoms with E-state index >= 15 is 0 Å². The number of aliphatic hydroxyl groups is 4. The zero-order valence-corrected chi connectivity index (χ0v) is 22.7. The third-order valence-electron chi connectivity index (χ3n) is 9.17. The molecule has 0 saturated heterocycles. The fraction of sp³-hybridized carbons (Fsp3) is 0.800. The summed E-state index contributed by atoms with van der Waals surface area (Å²) in [5, 5.41) is 40.4. The van der Waals surface area contributed by atoms with Crippen LogP contribution in [0.1, 0.15) is 92.4 Å². The number of aliphatic hydroxyl groups excluding tert-OH is 3. The van der Waals surface area contributed by atoms with Crippen molar-refractivity contribution < 1.29 is 25.2 Å². The average Bonchev–Trinajstić information content (AvgIpc) is 3.14. The monoisotopic (exact) mass is 490 g/mol. The Morgan fingerprint density at radius 2 is 1.94 bits per heavy atom. The summed E-state index contributed by atoms with van der Waals surface area (Å²) in [6, 6.07) is 0. The molecule has 5 heteroatoms. The number of fused-ring (bicyclic) bond motifs is 1. The molecule has 4 N–H and O–H groups in total. The van der Waals surface area contributed by atoms with Crippen molar-refractivity contribution in [2.75, 3.05) is 13.2 Å². The van der Waals surface area contributed by atoms with Gasteiger partial charge in [-0.3, -0.25) is 0 Å². The summed E-state index contributed by atoms with van der Waals surface area (Å²) in [5.74, 6) is 1.93. The van der Waals surface area contributed by atoms with E-state index in [0.29, 0.717) is 42.6 Å². The molecule has 1 fully saturated rings. The van der Waals surface area contributed by atoms with Gasteiger partial charge in [0.15, 0.2) is 0 Å². The number of rotatable bonds is 11. The Morgan fingerprint density at radius 3 is 2.63 bits per heavy atom. The minimum atomic E-state index is -0.830. The normalized spacial score (nSPS) is 34.9. The summed E-state index contributed by atoms with van der Waals surface area (Å²) in [4.78, 5) is 0. The molecular formula is C30H50O5. The Labute approximate surface area is 213 Å². The minimum absolute atomic E-state index is 0.0391. The highest BCUT2D eigenvalue weighted by molar-refractivity contribution is 5.38. The van der Waals surface area contributed by atoms with Crippen LogP contribution in [0.25, 0.3) is 0 Å². The fourth-order valence-electron chi connectivity index (χ4n) is 7.07. The fourth-order valence-corrected chi connectivity index (χ4v) is 7.07. The van der Waals surface area contributed by atoms with E-state index in [9.17, 15) is 15.3 Å². The van der Waals surface area contributed by atoms with Crippen molar-refractivity contribution in [3.63, 3.8) is 0 Å². The van der Waals surface area contributed by atoms with Crippen LogP contribution in [0.15, 0.2) is 34.9 Å². The third kappa shape index (κ3) is 6.87. The Morgan fingerprint density at radius 1 is 1.20 bits per heavy atom. The van der Waals surface area contributed by atoms with Crippen LogP contribution in [0.5, 0.6) is 0 Å². The molecule has 3 rings (SSSR count). The summed E-state index contributed by atoms with van der Waals surface area (Å²) in [5.41, 5.74) is 3.00. The lowest BCUT2D eigenvalue weighted by molar-refractivity contribution is -0.0958. The predicted octanol–water partition coefficient (Wildman–Crippen LogP) is 5.08. The Bertz CT molecular complexity index is 791. The maximum absolute atomic E-state index is 10.8. The van der Waals surface area contributed by atoms with E-state index in [1.54, 1.807) is 0 Å². The van der Waals surface area contributed by atoms with Crippen LogP contribution in [0, 0.1) is 23.2 Å². The summed E-state index contributed by atoms with van der Waals surface area (Å²) in [6.45, 7) is 11.0. The first kappa shape index (κ1) is 28.6. The average molecular weight is 491 g/mol. The molecular weight excluding hydrogens is 440 g/mol. The molecule has 0 unspecified atom stereocenters. The van der Waals surface area contributed by atoms with E-state index in [1.807, 2.05) is 20.8 Å². The van der Waals surface area contributed by atoms with Gasteiger partial charge in [0.2, 0.25) is 0 Å². The quantitative estimate of drug-likeness (QED) is 0.303. The van der Waals surface area contributed by atoms with E-state index in [-0.39, 0.29) is 6.61 Å². The highest BCUT2D eigenvalue weighted by Crippen LogP contribution is 2.58. The second kappa shape index (κ2) is 12.0. The molecule has 3 aliphatic rings. The van der Waals surface area contributed by atoms with E-state index in [4.69, 9.17) is 9.84 Å². The van der Waals surface area contributed by atoms with Gasteiger partial charge in [0.25, 0.3) is 0 Å². The van der Waals surface area contributed by atoms with Crippen molar-refractivity contribution in [2.45, 2.75) is 116 Å².